The van der Waals surface area contributed by atoms with Crippen LogP contribution in [0.4, 0.5) is 5.69 Å². The highest BCUT2D eigenvalue weighted by Gasteiger charge is 2.21. The van der Waals surface area contributed by atoms with Crippen molar-refractivity contribution >= 4 is 15.7 Å². The van der Waals surface area contributed by atoms with Gasteiger partial charge in [-0.2, -0.15) is 0 Å². The van der Waals surface area contributed by atoms with E-state index in [1.54, 1.807) is 18.2 Å². The number of nitrogens with zero attached hydrogens (tertiary/aromatic N) is 1. The molecular formula is C15H17NO3S. The smallest absolute Gasteiger partial charge is 0.264 e. The fourth-order valence-electron chi connectivity index (χ4n) is 1.97. The van der Waals surface area contributed by atoms with Crippen LogP contribution in [-0.4, -0.2) is 20.6 Å². The first-order valence-electron chi connectivity index (χ1n) is 6.21. The molecule has 5 heteroatoms. The van der Waals surface area contributed by atoms with Crippen LogP contribution < -0.4 is 4.31 Å². The van der Waals surface area contributed by atoms with Gasteiger partial charge in [0.25, 0.3) is 10.0 Å². The second-order valence-corrected chi connectivity index (χ2v) is 6.53. The Morgan fingerprint density at radius 1 is 1.05 bits per heavy atom. The number of sulfonamides is 1. The molecule has 0 radical (unpaired) electrons. The fraction of sp³-hybridized carbons (Fsp3) is 0.200. The van der Waals surface area contributed by atoms with Gasteiger partial charge in [-0.15, -0.1) is 0 Å². The summed E-state index contributed by atoms with van der Waals surface area (Å²) < 4.78 is 26.4. The van der Waals surface area contributed by atoms with Crippen molar-refractivity contribution in [3.05, 3.63) is 59.7 Å². The molecule has 20 heavy (non-hydrogen) atoms. The van der Waals surface area contributed by atoms with Gasteiger partial charge in [-0.3, -0.25) is 4.31 Å². The molecule has 0 saturated carbocycles. The molecule has 106 valence electrons. The van der Waals surface area contributed by atoms with Gasteiger partial charge in [0.1, 0.15) is 0 Å². The van der Waals surface area contributed by atoms with Crippen molar-refractivity contribution < 1.29 is 13.5 Å². The van der Waals surface area contributed by atoms with Crippen LogP contribution in [0.25, 0.3) is 0 Å². The van der Waals surface area contributed by atoms with Gasteiger partial charge in [0.2, 0.25) is 0 Å². The Hall–Kier alpha value is -1.85. The molecule has 0 aromatic heterocycles. The maximum atomic E-state index is 12.5. The average Bonchev–Trinajstić information content (AvgIpc) is 2.47. The number of aliphatic hydroxyl groups excluding tert-OH is 1. The van der Waals surface area contributed by atoms with Crippen molar-refractivity contribution in [3.63, 3.8) is 0 Å². The first kappa shape index (κ1) is 14.6. The van der Waals surface area contributed by atoms with Gasteiger partial charge >= 0.3 is 0 Å². The molecule has 0 fully saturated rings. The quantitative estimate of drug-likeness (QED) is 0.940. The highest BCUT2D eigenvalue weighted by atomic mass is 32.2. The lowest BCUT2D eigenvalue weighted by Crippen LogP contribution is -2.27. The fourth-order valence-corrected chi connectivity index (χ4v) is 3.23. The first-order valence-corrected chi connectivity index (χ1v) is 7.65. The number of anilines is 1. The van der Waals surface area contributed by atoms with Crippen molar-refractivity contribution in [2.24, 2.45) is 0 Å². The van der Waals surface area contributed by atoms with Crippen molar-refractivity contribution in [2.45, 2.75) is 18.4 Å². The molecule has 1 N–H and O–H groups in total. The summed E-state index contributed by atoms with van der Waals surface area (Å²) in [4.78, 5) is 0.209. The molecule has 0 bridgehead atoms. The molecule has 0 aliphatic rings. The molecule has 2 aromatic carbocycles. The zero-order chi connectivity index (χ0) is 14.8. The molecule has 0 heterocycles. The van der Waals surface area contributed by atoms with Crippen LogP contribution in [-0.2, 0) is 16.6 Å². The van der Waals surface area contributed by atoms with Crippen LogP contribution >= 0.6 is 0 Å². The van der Waals surface area contributed by atoms with Crippen LogP contribution in [0.2, 0.25) is 0 Å². The summed E-state index contributed by atoms with van der Waals surface area (Å²) in [5.41, 5.74) is 2.23. The third kappa shape index (κ3) is 2.69. The van der Waals surface area contributed by atoms with Gasteiger partial charge in [0, 0.05) is 7.05 Å². The summed E-state index contributed by atoms with van der Waals surface area (Å²) >= 11 is 0. The molecule has 0 unspecified atom stereocenters. The number of hydrogen-bond acceptors (Lipinski definition) is 3. The van der Waals surface area contributed by atoms with Crippen LogP contribution in [0.1, 0.15) is 11.1 Å². The molecule has 2 aromatic rings. The van der Waals surface area contributed by atoms with Crippen molar-refractivity contribution in [3.8, 4) is 0 Å². The van der Waals surface area contributed by atoms with Crippen molar-refractivity contribution in [1.82, 2.24) is 0 Å². The Kier molecular flexibility index (Phi) is 4.11. The number of benzene rings is 2. The number of hydrogen-bond donors (Lipinski definition) is 1. The second kappa shape index (κ2) is 5.64. The van der Waals surface area contributed by atoms with E-state index in [4.69, 9.17) is 5.11 Å². The summed E-state index contributed by atoms with van der Waals surface area (Å²) in [7, 11) is -2.05. The summed E-state index contributed by atoms with van der Waals surface area (Å²) in [6.07, 6.45) is 0. The highest BCUT2D eigenvalue weighted by Crippen LogP contribution is 2.25. The second-order valence-electron chi connectivity index (χ2n) is 4.56. The molecule has 0 spiro atoms. The Balaban J connectivity index is 2.41. The van der Waals surface area contributed by atoms with Crippen LogP contribution in [0.5, 0.6) is 0 Å². The van der Waals surface area contributed by atoms with E-state index in [-0.39, 0.29) is 11.5 Å². The Labute approximate surface area is 119 Å². The van der Waals surface area contributed by atoms with E-state index in [9.17, 15) is 8.42 Å². The lowest BCUT2D eigenvalue weighted by Gasteiger charge is -2.21. The number of rotatable bonds is 4. The maximum Gasteiger partial charge on any atom is 0.264 e. The molecular weight excluding hydrogens is 274 g/mol. The molecule has 0 aliphatic heterocycles. The predicted molar refractivity (Wildman–Crippen MR) is 79.1 cm³/mol. The standard InChI is InChI=1S/C15H17NO3S/c1-12-5-3-4-6-15(12)16(2)20(18,19)14-9-7-13(11-17)8-10-14/h3-10,17H,11H2,1-2H3. The van der Waals surface area contributed by atoms with Crippen LogP contribution in [0.15, 0.2) is 53.4 Å². The predicted octanol–water partition coefficient (Wildman–Crippen LogP) is 2.31. The lowest BCUT2D eigenvalue weighted by atomic mass is 10.2. The SMILES string of the molecule is Cc1ccccc1N(C)S(=O)(=O)c1ccc(CO)cc1. The minimum atomic E-state index is -3.59. The molecule has 2 rings (SSSR count). The molecule has 0 amide bonds. The molecule has 0 atom stereocenters. The van der Waals surface area contributed by atoms with Crippen molar-refractivity contribution in [2.75, 3.05) is 11.4 Å². The highest BCUT2D eigenvalue weighted by molar-refractivity contribution is 7.92. The lowest BCUT2D eigenvalue weighted by molar-refractivity contribution is 0.282. The van der Waals surface area contributed by atoms with Gasteiger partial charge < -0.3 is 5.11 Å². The van der Waals surface area contributed by atoms with Crippen molar-refractivity contribution in [1.29, 1.82) is 0 Å². The third-order valence-electron chi connectivity index (χ3n) is 3.22. The van der Waals surface area contributed by atoms with E-state index in [0.29, 0.717) is 11.3 Å². The zero-order valence-electron chi connectivity index (χ0n) is 11.4. The maximum absolute atomic E-state index is 12.5. The Bertz CT molecular complexity index is 693. The van der Waals surface area contributed by atoms with Gasteiger partial charge in [0.15, 0.2) is 0 Å². The van der Waals surface area contributed by atoms with E-state index >= 15 is 0 Å². The van der Waals surface area contributed by atoms with Crippen LogP contribution in [0.3, 0.4) is 0 Å². The number of aliphatic hydroxyl groups is 1. The minimum absolute atomic E-state index is 0.103. The number of para-hydroxylation sites is 1. The summed E-state index contributed by atoms with van der Waals surface area (Å²) in [6.45, 7) is 1.77. The third-order valence-corrected chi connectivity index (χ3v) is 5.00. The summed E-state index contributed by atoms with van der Waals surface area (Å²) in [5, 5.41) is 9.00. The normalized spacial score (nSPS) is 11.3. The molecule has 4 nitrogen and oxygen atoms in total. The zero-order valence-corrected chi connectivity index (χ0v) is 12.3. The Morgan fingerprint density at radius 3 is 2.20 bits per heavy atom. The monoisotopic (exact) mass is 291 g/mol. The van der Waals surface area contributed by atoms with Gasteiger partial charge in [-0.05, 0) is 36.2 Å². The molecule has 0 aliphatic carbocycles. The summed E-state index contributed by atoms with van der Waals surface area (Å²) in [6, 6.07) is 13.6. The number of aryl methyl sites for hydroxylation is 1. The first-order chi connectivity index (χ1) is 9.46. The molecule has 0 saturated heterocycles. The van der Waals surface area contributed by atoms with Gasteiger partial charge in [0.05, 0.1) is 17.2 Å². The van der Waals surface area contributed by atoms with Gasteiger partial charge in [-0.1, -0.05) is 30.3 Å². The summed E-state index contributed by atoms with van der Waals surface area (Å²) in [5.74, 6) is 0. The van der Waals surface area contributed by atoms with Gasteiger partial charge in [-0.25, -0.2) is 8.42 Å². The minimum Gasteiger partial charge on any atom is -0.392 e. The Morgan fingerprint density at radius 2 is 1.65 bits per heavy atom. The van der Waals surface area contributed by atoms with E-state index < -0.39 is 10.0 Å². The van der Waals surface area contributed by atoms with E-state index in [2.05, 4.69) is 0 Å². The van der Waals surface area contributed by atoms with E-state index in [1.165, 1.54) is 23.5 Å². The van der Waals surface area contributed by atoms with Crippen LogP contribution in [0, 0.1) is 6.92 Å². The largest absolute Gasteiger partial charge is 0.392 e. The topological polar surface area (TPSA) is 57.6 Å². The average molecular weight is 291 g/mol. The van der Waals surface area contributed by atoms with E-state index in [0.717, 1.165) is 5.56 Å². The van der Waals surface area contributed by atoms with E-state index in [1.807, 2.05) is 25.1 Å².